The van der Waals surface area contributed by atoms with E-state index in [-0.39, 0.29) is 10.6 Å². The van der Waals surface area contributed by atoms with Gasteiger partial charge < -0.3 is 0 Å². The van der Waals surface area contributed by atoms with Crippen LogP contribution in [0.2, 0.25) is 0 Å². The smallest absolute Gasteiger partial charge is 0.258 e. The van der Waals surface area contributed by atoms with Crippen molar-refractivity contribution in [2.75, 3.05) is 0 Å². The van der Waals surface area contributed by atoms with E-state index in [9.17, 15) is 10.1 Å². The molecule has 1 aromatic rings. The summed E-state index contributed by atoms with van der Waals surface area (Å²) >= 11 is 0. The molecule has 17 heavy (non-hydrogen) atoms. The maximum atomic E-state index is 10.9. The van der Waals surface area contributed by atoms with Gasteiger partial charge in [-0.25, -0.2) is 0 Å². The Labute approximate surface area is 102 Å². The van der Waals surface area contributed by atoms with Crippen molar-refractivity contribution in [1.29, 1.82) is 0 Å². The van der Waals surface area contributed by atoms with E-state index in [2.05, 4.69) is 0 Å². The van der Waals surface area contributed by atoms with E-state index in [4.69, 9.17) is 0 Å². The predicted octanol–water partition coefficient (Wildman–Crippen LogP) is 4.26. The highest BCUT2D eigenvalue weighted by molar-refractivity contribution is 5.49. The molecule has 1 aliphatic rings. The molecule has 0 aliphatic heterocycles. The van der Waals surface area contributed by atoms with Gasteiger partial charge in [-0.2, -0.15) is 0 Å². The average molecular weight is 233 g/mol. The Bertz CT molecular complexity index is 411. The summed E-state index contributed by atoms with van der Waals surface area (Å²) in [6.07, 6.45) is 6.38. The van der Waals surface area contributed by atoms with Crippen LogP contribution in [0.5, 0.6) is 0 Å². The molecule has 0 amide bonds. The molecule has 0 radical (unpaired) electrons. The van der Waals surface area contributed by atoms with Gasteiger partial charge in [0.05, 0.1) is 4.92 Å². The Morgan fingerprint density at radius 2 is 1.65 bits per heavy atom. The lowest BCUT2D eigenvalue weighted by atomic mass is 9.83. The van der Waals surface area contributed by atoms with E-state index in [0.29, 0.717) is 5.92 Å². The first kappa shape index (κ1) is 12.1. The molecule has 0 aromatic heterocycles. The van der Waals surface area contributed by atoms with Crippen molar-refractivity contribution in [2.45, 2.75) is 51.9 Å². The molecule has 1 aliphatic carbocycles. The molecule has 3 heteroatoms. The van der Waals surface area contributed by atoms with Gasteiger partial charge in [0.15, 0.2) is 0 Å². The van der Waals surface area contributed by atoms with Crippen LogP contribution in [0.4, 0.5) is 5.69 Å². The minimum absolute atomic E-state index is 0.269. The Kier molecular flexibility index (Phi) is 3.46. The third-order valence-corrected chi connectivity index (χ3v) is 3.77. The zero-order chi connectivity index (χ0) is 12.4. The molecule has 0 bridgehead atoms. The van der Waals surface area contributed by atoms with Gasteiger partial charge in [-0.15, -0.1) is 0 Å². The molecule has 0 heterocycles. The monoisotopic (exact) mass is 233 g/mol. The Hall–Kier alpha value is -1.38. The fourth-order valence-corrected chi connectivity index (χ4v) is 2.95. The normalized spacial score (nSPS) is 17.1. The highest BCUT2D eigenvalue weighted by Gasteiger charge is 2.20. The van der Waals surface area contributed by atoms with Gasteiger partial charge in [0.2, 0.25) is 0 Å². The molecule has 1 aromatic carbocycles. The van der Waals surface area contributed by atoms with Crippen molar-refractivity contribution in [1.82, 2.24) is 0 Å². The second-order valence-corrected chi connectivity index (χ2v) is 5.10. The Morgan fingerprint density at radius 3 is 2.12 bits per heavy atom. The third-order valence-electron chi connectivity index (χ3n) is 3.77. The van der Waals surface area contributed by atoms with E-state index in [1.807, 2.05) is 26.0 Å². The van der Waals surface area contributed by atoms with E-state index in [1.165, 1.54) is 37.7 Å². The molecule has 0 saturated heterocycles. The van der Waals surface area contributed by atoms with Crippen LogP contribution in [-0.4, -0.2) is 4.92 Å². The first-order chi connectivity index (χ1) is 8.09. The van der Waals surface area contributed by atoms with Gasteiger partial charge >= 0.3 is 0 Å². The van der Waals surface area contributed by atoms with E-state index in [0.717, 1.165) is 11.1 Å². The number of nitro groups is 1. The van der Waals surface area contributed by atoms with E-state index >= 15 is 0 Å². The largest absolute Gasteiger partial charge is 0.275 e. The second-order valence-electron chi connectivity index (χ2n) is 5.10. The first-order valence-corrected chi connectivity index (χ1v) is 6.35. The molecule has 3 nitrogen and oxygen atoms in total. The van der Waals surface area contributed by atoms with Crippen LogP contribution >= 0.6 is 0 Å². The summed E-state index contributed by atoms with van der Waals surface area (Å²) < 4.78 is 0. The van der Waals surface area contributed by atoms with Crippen LogP contribution in [0.1, 0.15) is 54.7 Å². The second kappa shape index (κ2) is 4.86. The number of aryl methyl sites for hydroxylation is 2. The van der Waals surface area contributed by atoms with Gasteiger partial charge in [0.1, 0.15) is 0 Å². The van der Waals surface area contributed by atoms with Crippen LogP contribution in [0.15, 0.2) is 12.1 Å². The molecular formula is C14H19NO2. The maximum absolute atomic E-state index is 10.9. The van der Waals surface area contributed by atoms with Gasteiger partial charge in [0.25, 0.3) is 5.69 Å². The first-order valence-electron chi connectivity index (χ1n) is 6.35. The summed E-state index contributed by atoms with van der Waals surface area (Å²) in [5.74, 6) is 0.613. The summed E-state index contributed by atoms with van der Waals surface area (Å²) in [4.78, 5) is 10.7. The maximum Gasteiger partial charge on any atom is 0.275 e. The summed E-state index contributed by atoms with van der Waals surface area (Å²) in [5.41, 5.74) is 3.18. The molecule has 0 unspecified atom stereocenters. The predicted molar refractivity (Wildman–Crippen MR) is 68.4 cm³/mol. The van der Waals surface area contributed by atoms with Crippen molar-refractivity contribution in [3.63, 3.8) is 0 Å². The average Bonchev–Trinajstić information content (AvgIpc) is 2.28. The molecule has 92 valence electrons. The lowest BCUT2D eigenvalue weighted by Crippen LogP contribution is -2.06. The lowest BCUT2D eigenvalue weighted by Gasteiger charge is -2.22. The summed E-state index contributed by atoms with van der Waals surface area (Å²) in [5, 5.41) is 10.9. The van der Waals surface area contributed by atoms with Crippen LogP contribution in [-0.2, 0) is 0 Å². The number of benzene rings is 1. The van der Waals surface area contributed by atoms with Gasteiger partial charge in [-0.1, -0.05) is 19.3 Å². The number of nitro benzene ring substituents is 1. The Morgan fingerprint density at radius 1 is 1.12 bits per heavy atom. The summed E-state index contributed by atoms with van der Waals surface area (Å²) in [6, 6.07) is 4.03. The number of nitrogens with zero attached hydrogens (tertiary/aromatic N) is 1. The van der Waals surface area contributed by atoms with Crippen LogP contribution in [0.25, 0.3) is 0 Å². The molecular weight excluding hydrogens is 214 g/mol. The van der Waals surface area contributed by atoms with Crippen molar-refractivity contribution >= 4 is 5.69 Å². The fraction of sp³-hybridized carbons (Fsp3) is 0.571. The highest BCUT2D eigenvalue weighted by Crippen LogP contribution is 2.35. The third kappa shape index (κ3) is 2.48. The molecule has 0 atom stereocenters. The number of hydrogen-bond donors (Lipinski definition) is 0. The van der Waals surface area contributed by atoms with Crippen molar-refractivity contribution in [3.05, 3.63) is 38.9 Å². The molecule has 1 saturated carbocycles. The van der Waals surface area contributed by atoms with Crippen molar-refractivity contribution in [3.8, 4) is 0 Å². The minimum atomic E-state index is -0.269. The zero-order valence-corrected chi connectivity index (χ0v) is 10.5. The molecule has 0 spiro atoms. The van der Waals surface area contributed by atoms with E-state index < -0.39 is 0 Å². The fourth-order valence-electron chi connectivity index (χ4n) is 2.95. The summed E-state index contributed by atoms with van der Waals surface area (Å²) in [6.45, 7) is 3.69. The SMILES string of the molecule is Cc1cc(C2CCCCC2)cc(C)c1[N+](=O)[O-]. The molecule has 0 N–H and O–H groups in total. The van der Waals surface area contributed by atoms with E-state index in [1.54, 1.807) is 0 Å². The zero-order valence-electron chi connectivity index (χ0n) is 10.5. The van der Waals surface area contributed by atoms with Gasteiger partial charge in [0, 0.05) is 11.1 Å². The molecule has 2 rings (SSSR count). The van der Waals surface area contributed by atoms with Crippen LogP contribution < -0.4 is 0 Å². The van der Waals surface area contributed by atoms with Crippen LogP contribution in [0, 0.1) is 24.0 Å². The van der Waals surface area contributed by atoms with Crippen molar-refractivity contribution in [2.24, 2.45) is 0 Å². The highest BCUT2D eigenvalue weighted by atomic mass is 16.6. The summed E-state index contributed by atoms with van der Waals surface area (Å²) in [7, 11) is 0. The topological polar surface area (TPSA) is 43.1 Å². The number of rotatable bonds is 2. The van der Waals surface area contributed by atoms with Crippen molar-refractivity contribution < 1.29 is 4.92 Å². The van der Waals surface area contributed by atoms with Crippen LogP contribution in [0.3, 0.4) is 0 Å². The van der Waals surface area contributed by atoms with Gasteiger partial charge in [-0.3, -0.25) is 10.1 Å². The lowest BCUT2D eigenvalue weighted by molar-refractivity contribution is -0.386. The number of hydrogen-bond acceptors (Lipinski definition) is 2. The quantitative estimate of drug-likeness (QED) is 0.565. The van der Waals surface area contributed by atoms with Gasteiger partial charge in [-0.05, 0) is 50.3 Å². The minimum Gasteiger partial charge on any atom is -0.258 e. The molecule has 1 fully saturated rings. The Balaban J connectivity index is 2.34. The standard InChI is InChI=1S/C14H19NO2/c1-10-8-13(12-6-4-3-5-7-12)9-11(2)14(10)15(16)17/h8-9,12H,3-7H2,1-2H3.